The highest BCUT2D eigenvalue weighted by Gasteiger charge is 2.16. The van der Waals surface area contributed by atoms with Gasteiger partial charge in [-0.05, 0) is 24.3 Å². The first-order chi connectivity index (χ1) is 9.62. The summed E-state index contributed by atoms with van der Waals surface area (Å²) in [6.45, 7) is 6.95. The normalized spacial score (nSPS) is 10.3. The number of para-hydroxylation sites is 1. The lowest BCUT2D eigenvalue weighted by molar-refractivity contribution is 0.0596. The highest BCUT2D eigenvalue weighted by molar-refractivity contribution is 5.93. The molecule has 0 spiro atoms. The van der Waals surface area contributed by atoms with Crippen LogP contribution in [0.25, 0.3) is 0 Å². The van der Waals surface area contributed by atoms with E-state index in [1.807, 2.05) is 0 Å². The molecule has 0 fully saturated rings. The molecule has 0 bridgehead atoms. The van der Waals surface area contributed by atoms with Crippen molar-refractivity contribution in [2.75, 3.05) is 7.11 Å². The van der Waals surface area contributed by atoms with E-state index >= 15 is 0 Å². The van der Waals surface area contributed by atoms with Gasteiger partial charge in [-0.15, -0.1) is 0 Å². The average Bonchev–Trinajstić information content (AvgIpc) is 2.46. The Morgan fingerprint density at radius 2 is 1.90 bits per heavy atom. The Bertz CT molecular complexity index is 557. The van der Waals surface area contributed by atoms with Crippen molar-refractivity contribution >= 4 is 12.1 Å². The molecule has 0 aliphatic carbocycles. The maximum absolute atomic E-state index is 11.6. The van der Waals surface area contributed by atoms with Crippen molar-refractivity contribution in [1.82, 2.24) is 0 Å². The third kappa shape index (κ3) is 4.13. The molecule has 20 heavy (non-hydrogen) atoms. The summed E-state index contributed by atoms with van der Waals surface area (Å²) in [5.74, 6) is -0.383. The predicted molar refractivity (Wildman–Crippen MR) is 73.4 cm³/mol. The molecule has 0 atom stereocenters. The molecular weight excluding hydrogens is 260 g/mol. The van der Waals surface area contributed by atoms with Crippen molar-refractivity contribution in [2.24, 2.45) is 0 Å². The summed E-state index contributed by atoms with van der Waals surface area (Å²) in [7, 11) is 1.24. The number of allylic oxidation sites excluding steroid dienone is 3. The molecule has 0 unspecified atom stereocenters. The minimum absolute atomic E-state index is 0.0476. The van der Waals surface area contributed by atoms with Crippen LogP contribution in [0.2, 0.25) is 0 Å². The van der Waals surface area contributed by atoms with Crippen molar-refractivity contribution in [1.29, 1.82) is 0 Å². The number of rotatable bonds is 5. The number of benzene rings is 1. The zero-order valence-electron chi connectivity index (χ0n) is 11.0. The lowest BCUT2D eigenvalue weighted by atomic mass is 10.2. The van der Waals surface area contributed by atoms with Gasteiger partial charge in [0.2, 0.25) is 0 Å². The van der Waals surface area contributed by atoms with Crippen LogP contribution in [0.1, 0.15) is 10.4 Å². The van der Waals surface area contributed by atoms with E-state index in [9.17, 15) is 9.59 Å². The van der Waals surface area contributed by atoms with E-state index < -0.39 is 12.1 Å². The van der Waals surface area contributed by atoms with E-state index in [-0.39, 0.29) is 17.1 Å². The van der Waals surface area contributed by atoms with Crippen molar-refractivity contribution < 1.29 is 23.8 Å². The number of carbonyl (C=O) groups excluding carboxylic acids is 2. The zero-order chi connectivity index (χ0) is 15.0. The van der Waals surface area contributed by atoms with Crippen molar-refractivity contribution in [3.8, 4) is 5.75 Å². The van der Waals surface area contributed by atoms with Crippen LogP contribution >= 0.6 is 0 Å². The van der Waals surface area contributed by atoms with Gasteiger partial charge in [0.1, 0.15) is 17.1 Å². The van der Waals surface area contributed by atoms with Gasteiger partial charge in [-0.2, -0.15) is 0 Å². The average molecular weight is 274 g/mol. The van der Waals surface area contributed by atoms with E-state index in [1.165, 1.54) is 37.5 Å². The molecule has 1 aromatic carbocycles. The third-order valence-corrected chi connectivity index (χ3v) is 2.17. The largest absolute Gasteiger partial charge is 0.519 e. The second-order valence-corrected chi connectivity index (χ2v) is 3.45. The minimum atomic E-state index is -0.991. The number of carbonyl (C=O) groups is 2. The second-order valence-electron chi connectivity index (χ2n) is 3.45. The Labute approximate surface area is 116 Å². The molecular formula is C15H14O5. The number of hydrogen-bond acceptors (Lipinski definition) is 5. The number of methoxy groups -OCH3 is 1. The number of ether oxygens (including phenoxy) is 3. The Hall–Kier alpha value is -2.82. The van der Waals surface area contributed by atoms with Crippen molar-refractivity contribution in [3.63, 3.8) is 0 Å². The summed E-state index contributed by atoms with van der Waals surface area (Å²) in [6, 6.07) is 6.17. The predicted octanol–water partition coefficient (Wildman–Crippen LogP) is 3.24. The monoisotopic (exact) mass is 274 g/mol. The first-order valence-electron chi connectivity index (χ1n) is 5.64. The van der Waals surface area contributed by atoms with Crippen LogP contribution in [0, 0.1) is 0 Å². The second kappa shape index (κ2) is 7.58. The number of hydrogen-bond donors (Lipinski definition) is 0. The smallest absolute Gasteiger partial charge is 0.465 e. The van der Waals surface area contributed by atoms with Gasteiger partial charge in [0, 0.05) is 0 Å². The molecule has 1 aromatic rings. The highest BCUT2D eigenvalue weighted by Crippen LogP contribution is 2.19. The Morgan fingerprint density at radius 1 is 1.20 bits per heavy atom. The SMILES string of the molecule is C=C/C=C(\C=C)OC(=O)Oc1ccccc1C(=O)OC. The quantitative estimate of drug-likeness (QED) is 0.357. The molecule has 0 amide bonds. The van der Waals surface area contributed by atoms with E-state index in [4.69, 9.17) is 9.47 Å². The minimum Gasteiger partial charge on any atom is -0.465 e. The molecule has 0 radical (unpaired) electrons. The summed E-state index contributed by atoms with van der Waals surface area (Å²) in [5, 5.41) is 0. The standard InChI is InChI=1S/C15H14O5/c1-4-8-11(5-2)19-15(17)20-13-10-7-6-9-12(13)14(16)18-3/h4-10H,1-2H2,3H3/b11-8+. The number of esters is 1. The third-order valence-electron chi connectivity index (χ3n) is 2.17. The summed E-state index contributed by atoms with van der Waals surface area (Å²) in [5.41, 5.74) is 0.125. The fourth-order valence-corrected chi connectivity index (χ4v) is 1.30. The molecule has 5 heteroatoms. The lowest BCUT2D eigenvalue weighted by Gasteiger charge is -2.08. The summed E-state index contributed by atoms with van der Waals surface area (Å²) in [4.78, 5) is 23.1. The molecule has 1 rings (SSSR count). The summed E-state index contributed by atoms with van der Waals surface area (Å²) in [6.07, 6.45) is 3.22. The first kappa shape index (κ1) is 15.2. The van der Waals surface area contributed by atoms with Crippen LogP contribution < -0.4 is 4.74 Å². The summed E-state index contributed by atoms with van der Waals surface area (Å²) >= 11 is 0. The fourth-order valence-electron chi connectivity index (χ4n) is 1.30. The van der Waals surface area contributed by atoms with Crippen molar-refractivity contribution in [3.05, 3.63) is 67.0 Å². The molecule has 0 aliphatic rings. The van der Waals surface area contributed by atoms with Crippen LogP contribution in [0.4, 0.5) is 4.79 Å². The van der Waals surface area contributed by atoms with E-state index in [1.54, 1.807) is 12.1 Å². The topological polar surface area (TPSA) is 61.8 Å². The molecule has 0 aliphatic heterocycles. The van der Waals surface area contributed by atoms with Gasteiger partial charge >= 0.3 is 12.1 Å². The maximum Gasteiger partial charge on any atom is 0.519 e. The Morgan fingerprint density at radius 3 is 2.50 bits per heavy atom. The molecule has 0 saturated heterocycles. The first-order valence-corrected chi connectivity index (χ1v) is 5.64. The molecule has 0 heterocycles. The fraction of sp³-hybridized carbons (Fsp3) is 0.0667. The van der Waals surface area contributed by atoms with E-state index in [0.29, 0.717) is 0 Å². The van der Waals surface area contributed by atoms with Crippen LogP contribution in [-0.2, 0) is 9.47 Å². The molecule has 0 saturated carbocycles. The van der Waals surface area contributed by atoms with Gasteiger partial charge in [0.05, 0.1) is 7.11 Å². The molecule has 0 aromatic heterocycles. The van der Waals surface area contributed by atoms with Gasteiger partial charge in [-0.1, -0.05) is 31.4 Å². The van der Waals surface area contributed by atoms with Gasteiger partial charge in [0.25, 0.3) is 0 Å². The highest BCUT2D eigenvalue weighted by atomic mass is 16.7. The van der Waals surface area contributed by atoms with Crippen LogP contribution in [0.3, 0.4) is 0 Å². The van der Waals surface area contributed by atoms with E-state index in [0.717, 1.165) is 0 Å². The molecule has 0 N–H and O–H groups in total. The summed E-state index contributed by atoms with van der Waals surface area (Å²) < 4.78 is 14.4. The van der Waals surface area contributed by atoms with E-state index in [2.05, 4.69) is 17.9 Å². The van der Waals surface area contributed by atoms with Crippen molar-refractivity contribution in [2.45, 2.75) is 0 Å². The van der Waals surface area contributed by atoms with Gasteiger partial charge < -0.3 is 14.2 Å². The Balaban J connectivity index is 2.86. The Kier molecular flexibility index (Phi) is 5.77. The maximum atomic E-state index is 11.6. The van der Waals surface area contributed by atoms with Gasteiger partial charge in [-0.25, -0.2) is 9.59 Å². The zero-order valence-corrected chi connectivity index (χ0v) is 11.0. The van der Waals surface area contributed by atoms with Crippen LogP contribution in [0.15, 0.2) is 61.4 Å². The van der Waals surface area contributed by atoms with Gasteiger partial charge in [-0.3, -0.25) is 0 Å². The van der Waals surface area contributed by atoms with Crippen LogP contribution in [0.5, 0.6) is 5.75 Å². The van der Waals surface area contributed by atoms with Gasteiger partial charge in [0.15, 0.2) is 0 Å². The lowest BCUT2D eigenvalue weighted by Crippen LogP contribution is -2.13. The van der Waals surface area contributed by atoms with Crippen LogP contribution in [-0.4, -0.2) is 19.2 Å². The molecule has 104 valence electrons. The molecule has 5 nitrogen and oxygen atoms in total.